The zero-order valence-electron chi connectivity index (χ0n) is 17.8. The van der Waals surface area contributed by atoms with Crippen LogP contribution in [0.15, 0.2) is 36.4 Å². The van der Waals surface area contributed by atoms with Crippen molar-refractivity contribution in [1.29, 1.82) is 0 Å². The number of aliphatic carboxylic acids is 1. The maximum atomic E-state index is 13.0. The Bertz CT molecular complexity index is 1150. The van der Waals surface area contributed by atoms with Crippen LogP contribution in [0.3, 0.4) is 0 Å². The molecule has 0 radical (unpaired) electrons. The number of aromatic nitrogens is 1. The predicted octanol–water partition coefficient (Wildman–Crippen LogP) is 4.96. The molecular formula is C23H24F3N3O2S. The number of halogens is 3. The number of hydrogen-bond donors (Lipinski definition) is 1. The van der Waals surface area contributed by atoms with Crippen LogP contribution in [0, 0.1) is 6.92 Å². The van der Waals surface area contributed by atoms with E-state index in [1.165, 1.54) is 23.5 Å². The molecule has 3 aromatic rings. The van der Waals surface area contributed by atoms with Gasteiger partial charge in [-0.15, -0.1) is 0 Å². The molecule has 1 aromatic heterocycles. The monoisotopic (exact) mass is 463 g/mol. The minimum absolute atomic E-state index is 0.00563. The molecule has 0 bridgehead atoms. The summed E-state index contributed by atoms with van der Waals surface area (Å²) in [4.78, 5) is 20.1. The number of fused-ring (bicyclic) bond motifs is 1. The van der Waals surface area contributed by atoms with Crippen molar-refractivity contribution in [2.24, 2.45) is 0 Å². The molecule has 2 aromatic carbocycles. The second kappa shape index (κ2) is 8.71. The summed E-state index contributed by atoms with van der Waals surface area (Å²) in [5.41, 5.74) is 2.85. The van der Waals surface area contributed by atoms with E-state index >= 15 is 0 Å². The van der Waals surface area contributed by atoms with E-state index in [1.807, 2.05) is 19.1 Å². The molecule has 1 aliphatic rings. The lowest BCUT2D eigenvalue weighted by Crippen LogP contribution is -2.51. The van der Waals surface area contributed by atoms with Crippen molar-refractivity contribution in [2.45, 2.75) is 39.0 Å². The van der Waals surface area contributed by atoms with E-state index in [-0.39, 0.29) is 12.5 Å². The molecule has 1 atom stereocenters. The van der Waals surface area contributed by atoms with Crippen molar-refractivity contribution in [1.82, 2.24) is 9.88 Å². The van der Waals surface area contributed by atoms with E-state index in [2.05, 4.69) is 27.8 Å². The fourth-order valence-electron chi connectivity index (χ4n) is 4.18. The summed E-state index contributed by atoms with van der Waals surface area (Å²) in [7, 11) is 0. The maximum Gasteiger partial charge on any atom is 0.416 e. The Morgan fingerprint density at radius 1 is 1.19 bits per heavy atom. The molecule has 170 valence electrons. The Labute approximate surface area is 188 Å². The average Bonchev–Trinajstić information content (AvgIpc) is 3.11. The molecule has 2 heterocycles. The number of alkyl halides is 3. The van der Waals surface area contributed by atoms with Gasteiger partial charge in [-0.3, -0.25) is 9.69 Å². The third-order valence-corrected chi connectivity index (χ3v) is 6.76. The number of carbonyl (C=O) groups is 1. The van der Waals surface area contributed by atoms with Crippen molar-refractivity contribution in [3.63, 3.8) is 0 Å². The Balaban J connectivity index is 1.46. The van der Waals surface area contributed by atoms with Gasteiger partial charge in [0.25, 0.3) is 0 Å². The molecule has 1 fully saturated rings. The number of rotatable bonds is 5. The van der Waals surface area contributed by atoms with E-state index < -0.39 is 17.7 Å². The van der Waals surface area contributed by atoms with Crippen molar-refractivity contribution in [2.75, 3.05) is 24.5 Å². The number of aryl methyl sites for hydroxylation is 1. The molecule has 32 heavy (non-hydrogen) atoms. The first kappa shape index (κ1) is 22.5. The van der Waals surface area contributed by atoms with E-state index in [4.69, 9.17) is 5.11 Å². The Morgan fingerprint density at radius 3 is 2.62 bits per heavy atom. The number of anilines is 1. The van der Waals surface area contributed by atoms with E-state index in [0.717, 1.165) is 54.1 Å². The van der Waals surface area contributed by atoms with Crippen molar-refractivity contribution in [3.05, 3.63) is 58.7 Å². The number of nitrogens with zero attached hydrogens (tertiary/aromatic N) is 3. The lowest BCUT2D eigenvalue weighted by molar-refractivity contribution is -0.138. The van der Waals surface area contributed by atoms with Crippen molar-refractivity contribution < 1.29 is 23.1 Å². The van der Waals surface area contributed by atoms with Crippen LogP contribution in [0.4, 0.5) is 18.3 Å². The topological polar surface area (TPSA) is 56.7 Å². The Kier molecular flexibility index (Phi) is 6.13. The number of thiazole rings is 1. The fraction of sp³-hybridized carbons (Fsp3) is 0.391. The van der Waals surface area contributed by atoms with E-state index in [9.17, 15) is 18.0 Å². The number of hydrogen-bond acceptors (Lipinski definition) is 5. The second-order valence-corrected chi connectivity index (χ2v) is 9.35. The highest BCUT2D eigenvalue weighted by molar-refractivity contribution is 7.22. The van der Waals surface area contributed by atoms with Gasteiger partial charge in [0.1, 0.15) is 0 Å². The summed E-state index contributed by atoms with van der Waals surface area (Å²) in [6, 6.07) is 9.82. The standard InChI is InChI=1S/C23H24F3N3O2S/c1-14-7-16(10-21(30)31)9-17(8-14)13-28-5-6-29(12-15(28)2)22-27-19-4-3-18(23(24,25)26)11-20(19)32-22/h3-4,7-9,11,15H,5-6,10,12-13H2,1-2H3,(H,30,31)/t15-/m0/s1. The molecule has 5 nitrogen and oxygen atoms in total. The molecule has 0 amide bonds. The summed E-state index contributed by atoms with van der Waals surface area (Å²) in [6.07, 6.45) is -4.36. The molecule has 0 aliphatic carbocycles. The molecule has 1 aliphatic heterocycles. The van der Waals surface area contributed by atoms with Crippen LogP contribution in [0.1, 0.15) is 29.2 Å². The molecule has 1 saturated heterocycles. The van der Waals surface area contributed by atoms with Crippen LogP contribution >= 0.6 is 11.3 Å². The number of carboxylic acids is 1. The van der Waals surface area contributed by atoms with Crippen molar-refractivity contribution in [3.8, 4) is 0 Å². The lowest BCUT2D eigenvalue weighted by atomic mass is 10.0. The maximum absolute atomic E-state index is 13.0. The van der Waals surface area contributed by atoms with Crippen LogP contribution in [0.2, 0.25) is 0 Å². The first-order chi connectivity index (χ1) is 15.1. The largest absolute Gasteiger partial charge is 0.481 e. The van der Waals surface area contributed by atoms with Gasteiger partial charge >= 0.3 is 12.1 Å². The molecule has 4 rings (SSSR count). The van der Waals surface area contributed by atoms with Gasteiger partial charge in [0, 0.05) is 32.2 Å². The van der Waals surface area contributed by atoms with Crippen LogP contribution in [0.5, 0.6) is 0 Å². The minimum Gasteiger partial charge on any atom is -0.481 e. The second-order valence-electron chi connectivity index (χ2n) is 8.34. The summed E-state index contributed by atoms with van der Waals surface area (Å²) in [6.45, 7) is 7.04. The SMILES string of the molecule is Cc1cc(CC(=O)O)cc(CN2CCN(c3nc4ccc(C(F)(F)F)cc4s3)C[C@@H]2C)c1. The minimum atomic E-state index is -4.36. The average molecular weight is 464 g/mol. The van der Waals surface area contributed by atoms with Gasteiger partial charge in [0.2, 0.25) is 0 Å². The third-order valence-electron chi connectivity index (χ3n) is 5.68. The lowest BCUT2D eigenvalue weighted by Gasteiger charge is -2.40. The first-order valence-electron chi connectivity index (χ1n) is 10.4. The molecule has 0 saturated carbocycles. The molecule has 1 N–H and O–H groups in total. The zero-order valence-corrected chi connectivity index (χ0v) is 18.6. The highest BCUT2D eigenvalue weighted by atomic mass is 32.1. The number of carboxylic acid groups (broad SMARTS) is 1. The summed E-state index contributed by atoms with van der Waals surface area (Å²) in [5.74, 6) is -0.846. The van der Waals surface area contributed by atoms with Gasteiger partial charge in [-0.05, 0) is 43.2 Å². The predicted molar refractivity (Wildman–Crippen MR) is 119 cm³/mol. The smallest absolute Gasteiger partial charge is 0.416 e. The van der Waals surface area contributed by atoms with Crippen LogP contribution in [-0.4, -0.2) is 46.6 Å². The van der Waals surface area contributed by atoms with E-state index in [0.29, 0.717) is 10.2 Å². The van der Waals surface area contributed by atoms with Gasteiger partial charge in [-0.2, -0.15) is 13.2 Å². The third kappa shape index (κ3) is 5.05. The van der Waals surface area contributed by atoms with Crippen LogP contribution in [-0.2, 0) is 23.9 Å². The van der Waals surface area contributed by atoms with Crippen LogP contribution in [0.25, 0.3) is 10.2 Å². The van der Waals surface area contributed by atoms with E-state index in [1.54, 1.807) is 0 Å². The van der Waals surface area contributed by atoms with Gasteiger partial charge in [-0.1, -0.05) is 35.1 Å². The van der Waals surface area contributed by atoms with Crippen molar-refractivity contribution >= 4 is 32.7 Å². The molecular weight excluding hydrogens is 439 g/mol. The number of piperazine rings is 1. The quantitative estimate of drug-likeness (QED) is 0.580. The number of benzene rings is 2. The first-order valence-corrected chi connectivity index (χ1v) is 11.2. The Morgan fingerprint density at radius 2 is 1.94 bits per heavy atom. The molecule has 9 heteroatoms. The summed E-state index contributed by atoms with van der Waals surface area (Å²) < 4.78 is 39.5. The molecule has 0 spiro atoms. The highest BCUT2D eigenvalue weighted by Crippen LogP contribution is 2.36. The fourth-order valence-corrected chi connectivity index (χ4v) is 5.22. The van der Waals surface area contributed by atoms with Gasteiger partial charge in [0.15, 0.2) is 5.13 Å². The highest BCUT2D eigenvalue weighted by Gasteiger charge is 2.31. The summed E-state index contributed by atoms with van der Waals surface area (Å²) >= 11 is 1.29. The summed E-state index contributed by atoms with van der Waals surface area (Å²) in [5, 5.41) is 9.82. The Hall–Kier alpha value is -2.65. The normalized spacial score (nSPS) is 17.8. The zero-order chi connectivity index (χ0) is 23.0. The molecule has 0 unspecified atom stereocenters. The van der Waals surface area contributed by atoms with Gasteiger partial charge in [-0.25, -0.2) is 4.98 Å². The van der Waals surface area contributed by atoms with Gasteiger partial charge in [0.05, 0.1) is 22.2 Å². The van der Waals surface area contributed by atoms with Gasteiger partial charge < -0.3 is 10.0 Å². The van der Waals surface area contributed by atoms with Crippen LogP contribution < -0.4 is 4.90 Å².